The van der Waals surface area contributed by atoms with Gasteiger partial charge >= 0.3 is 0 Å². The molecule has 0 amide bonds. The lowest BCUT2D eigenvalue weighted by Gasteiger charge is -1.92. The van der Waals surface area contributed by atoms with Crippen molar-refractivity contribution in [3.05, 3.63) is 25.3 Å². The topological polar surface area (TPSA) is 77.3 Å². The summed E-state index contributed by atoms with van der Waals surface area (Å²) in [5.74, 6) is 0.903. The van der Waals surface area contributed by atoms with E-state index in [1.807, 2.05) is 0 Å². The highest BCUT2D eigenvalue weighted by Crippen LogP contribution is 2.01. The molecular formula is C6H4N6. The first-order valence-electron chi connectivity index (χ1n) is 3.21. The van der Waals surface area contributed by atoms with Gasteiger partial charge in [-0.15, -0.1) is 0 Å². The summed E-state index contributed by atoms with van der Waals surface area (Å²) in [7, 11) is 0. The number of nitrogens with zero attached hydrogens (tertiary/aromatic N) is 6. The predicted octanol–water partition coefficient (Wildman–Crippen LogP) is -0.276. The zero-order valence-corrected chi connectivity index (χ0v) is 5.99. The molecule has 0 aliphatic heterocycles. The van der Waals surface area contributed by atoms with Crippen molar-refractivity contribution in [2.75, 3.05) is 0 Å². The number of hydrogen-bond donors (Lipinski definition) is 0. The van der Waals surface area contributed by atoms with Crippen LogP contribution in [0.2, 0.25) is 0 Å². The molecule has 0 aromatic carbocycles. The lowest BCUT2D eigenvalue weighted by atomic mass is 10.5. The maximum Gasteiger partial charge on any atom is 0.200 e. The van der Waals surface area contributed by atoms with Gasteiger partial charge in [-0.2, -0.15) is 0 Å². The lowest BCUT2D eigenvalue weighted by molar-refractivity contribution is 0.985. The molecule has 0 saturated carbocycles. The molecule has 0 unspecified atom stereocenters. The van der Waals surface area contributed by atoms with Gasteiger partial charge in [0.25, 0.3) is 0 Å². The Kier molecular flexibility index (Phi) is 1.65. The quantitative estimate of drug-likeness (QED) is 0.571. The minimum absolute atomic E-state index is 0.451. The van der Waals surface area contributed by atoms with Crippen molar-refractivity contribution in [1.82, 2.24) is 29.9 Å². The van der Waals surface area contributed by atoms with Crippen molar-refractivity contribution >= 4 is 0 Å². The van der Waals surface area contributed by atoms with Crippen LogP contribution in [0.15, 0.2) is 25.3 Å². The molecule has 0 aliphatic rings. The second kappa shape index (κ2) is 2.95. The zero-order chi connectivity index (χ0) is 8.23. The van der Waals surface area contributed by atoms with Gasteiger partial charge in [0.15, 0.2) is 0 Å². The molecule has 2 aromatic heterocycles. The van der Waals surface area contributed by atoms with Gasteiger partial charge in [-0.25, -0.2) is 29.9 Å². The molecule has 0 atom stereocenters. The van der Waals surface area contributed by atoms with Crippen LogP contribution in [0, 0.1) is 0 Å². The molecule has 6 nitrogen and oxygen atoms in total. The molecule has 0 saturated heterocycles. The minimum atomic E-state index is 0.451. The van der Waals surface area contributed by atoms with Gasteiger partial charge in [0.05, 0.1) is 0 Å². The van der Waals surface area contributed by atoms with Crippen LogP contribution in [0.4, 0.5) is 0 Å². The number of hydrogen-bond acceptors (Lipinski definition) is 6. The highest BCUT2D eigenvalue weighted by Gasteiger charge is 2.00. The van der Waals surface area contributed by atoms with Gasteiger partial charge in [0, 0.05) is 0 Å². The lowest BCUT2D eigenvalue weighted by Crippen LogP contribution is -1.94. The van der Waals surface area contributed by atoms with Crippen LogP contribution in [0.5, 0.6) is 0 Å². The van der Waals surface area contributed by atoms with Crippen LogP contribution in [-0.2, 0) is 0 Å². The van der Waals surface area contributed by atoms with Gasteiger partial charge < -0.3 is 0 Å². The minimum Gasteiger partial charge on any atom is -0.225 e. The molecule has 6 heteroatoms. The van der Waals surface area contributed by atoms with E-state index in [1.165, 1.54) is 25.3 Å². The smallest absolute Gasteiger partial charge is 0.200 e. The van der Waals surface area contributed by atoms with E-state index in [2.05, 4.69) is 29.9 Å². The predicted molar refractivity (Wildman–Crippen MR) is 38.6 cm³/mol. The van der Waals surface area contributed by atoms with Crippen LogP contribution >= 0.6 is 0 Å². The molecule has 0 bridgehead atoms. The largest absolute Gasteiger partial charge is 0.225 e. The van der Waals surface area contributed by atoms with Gasteiger partial charge in [0.1, 0.15) is 25.3 Å². The van der Waals surface area contributed by atoms with Crippen LogP contribution in [0.3, 0.4) is 0 Å². The van der Waals surface area contributed by atoms with E-state index in [0.29, 0.717) is 11.6 Å². The van der Waals surface area contributed by atoms with Gasteiger partial charge in [-0.1, -0.05) is 0 Å². The summed E-state index contributed by atoms with van der Waals surface area (Å²) in [5, 5.41) is 0. The summed E-state index contributed by atoms with van der Waals surface area (Å²) in [5.41, 5.74) is 0. The van der Waals surface area contributed by atoms with E-state index >= 15 is 0 Å². The third-order valence-electron chi connectivity index (χ3n) is 1.19. The number of rotatable bonds is 1. The molecule has 0 N–H and O–H groups in total. The van der Waals surface area contributed by atoms with E-state index in [9.17, 15) is 0 Å². The Labute approximate surface area is 67.8 Å². The summed E-state index contributed by atoms with van der Waals surface area (Å²) in [6.07, 6.45) is 5.58. The summed E-state index contributed by atoms with van der Waals surface area (Å²) >= 11 is 0. The molecule has 0 aliphatic carbocycles. The first-order valence-corrected chi connectivity index (χ1v) is 3.21. The van der Waals surface area contributed by atoms with E-state index in [0.717, 1.165) is 0 Å². The summed E-state index contributed by atoms with van der Waals surface area (Å²) in [6.45, 7) is 0. The fraction of sp³-hybridized carbons (Fsp3) is 0. The normalized spacial score (nSPS) is 9.67. The van der Waals surface area contributed by atoms with E-state index in [-0.39, 0.29) is 0 Å². The van der Waals surface area contributed by atoms with Crippen molar-refractivity contribution in [2.24, 2.45) is 0 Å². The third kappa shape index (κ3) is 1.22. The Morgan fingerprint density at radius 3 is 1.25 bits per heavy atom. The zero-order valence-electron chi connectivity index (χ0n) is 5.99. The molecule has 58 valence electrons. The molecule has 2 heterocycles. The van der Waals surface area contributed by atoms with Gasteiger partial charge in [-0.3, -0.25) is 0 Å². The SMILES string of the molecule is c1ncnc(-c2ncncn2)n1. The molecule has 0 spiro atoms. The highest BCUT2D eigenvalue weighted by molar-refractivity contribution is 5.39. The number of aromatic nitrogens is 6. The van der Waals surface area contributed by atoms with E-state index < -0.39 is 0 Å². The van der Waals surface area contributed by atoms with Crippen molar-refractivity contribution in [2.45, 2.75) is 0 Å². The van der Waals surface area contributed by atoms with Gasteiger partial charge in [-0.05, 0) is 0 Å². The first-order chi connectivity index (χ1) is 5.97. The second-order valence-corrected chi connectivity index (χ2v) is 1.92. The molecule has 0 radical (unpaired) electrons. The maximum absolute atomic E-state index is 3.87. The summed E-state index contributed by atoms with van der Waals surface area (Å²) in [6, 6.07) is 0. The maximum atomic E-state index is 3.87. The Balaban J connectivity index is 2.46. The van der Waals surface area contributed by atoms with Crippen LogP contribution in [-0.4, -0.2) is 29.9 Å². The van der Waals surface area contributed by atoms with Crippen molar-refractivity contribution in [3.8, 4) is 11.6 Å². The Morgan fingerprint density at radius 2 is 0.917 bits per heavy atom. The van der Waals surface area contributed by atoms with E-state index in [4.69, 9.17) is 0 Å². The van der Waals surface area contributed by atoms with Crippen molar-refractivity contribution < 1.29 is 0 Å². The fourth-order valence-corrected chi connectivity index (χ4v) is 0.709. The Bertz CT molecular complexity index is 309. The Hall–Kier alpha value is -1.98. The van der Waals surface area contributed by atoms with Gasteiger partial charge in [0.2, 0.25) is 11.6 Å². The van der Waals surface area contributed by atoms with E-state index in [1.54, 1.807) is 0 Å². The first kappa shape index (κ1) is 6.71. The molecule has 2 aromatic rings. The average Bonchev–Trinajstić information content (AvgIpc) is 2.21. The highest BCUT2D eigenvalue weighted by atomic mass is 15.1. The molecule has 0 fully saturated rings. The molecule has 12 heavy (non-hydrogen) atoms. The second-order valence-electron chi connectivity index (χ2n) is 1.92. The standard InChI is InChI=1S/C6H4N6/c1-7-2-10-5(9-1)6-11-3-8-4-12-6/h1-4H. The Morgan fingerprint density at radius 1 is 0.583 bits per heavy atom. The third-order valence-corrected chi connectivity index (χ3v) is 1.19. The van der Waals surface area contributed by atoms with Crippen molar-refractivity contribution in [1.29, 1.82) is 0 Å². The summed E-state index contributed by atoms with van der Waals surface area (Å²) in [4.78, 5) is 22.9. The van der Waals surface area contributed by atoms with Crippen molar-refractivity contribution in [3.63, 3.8) is 0 Å². The molecule has 2 rings (SSSR count). The van der Waals surface area contributed by atoms with Crippen LogP contribution in [0.1, 0.15) is 0 Å². The monoisotopic (exact) mass is 160 g/mol. The van der Waals surface area contributed by atoms with Crippen LogP contribution in [0.25, 0.3) is 11.6 Å². The van der Waals surface area contributed by atoms with Crippen LogP contribution < -0.4 is 0 Å². The summed E-state index contributed by atoms with van der Waals surface area (Å²) < 4.78 is 0. The average molecular weight is 160 g/mol. The molecular weight excluding hydrogens is 156 g/mol. The fourth-order valence-electron chi connectivity index (χ4n) is 0.709.